The fraction of sp³-hybridized carbons (Fsp3) is 0.286. The number of halogens is 1. The molecule has 1 aromatic heterocycles. The number of hydrogen-bond acceptors (Lipinski definition) is 2. The van der Waals surface area contributed by atoms with Crippen molar-refractivity contribution in [1.82, 2.24) is 9.78 Å². The zero-order chi connectivity index (χ0) is 14.0. The molecule has 19 heavy (non-hydrogen) atoms. The van der Waals surface area contributed by atoms with E-state index >= 15 is 0 Å². The highest BCUT2D eigenvalue weighted by Gasteiger charge is 2.24. The Labute approximate surface area is 116 Å². The average Bonchev–Trinajstić information content (AvgIpc) is 2.76. The summed E-state index contributed by atoms with van der Waals surface area (Å²) in [5.74, 6) is -1.06. The van der Waals surface area contributed by atoms with Gasteiger partial charge in [0.05, 0.1) is 6.04 Å². The van der Waals surface area contributed by atoms with Crippen molar-refractivity contribution in [3.8, 4) is 11.3 Å². The zero-order valence-corrected chi connectivity index (χ0v) is 11.6. The summed E-state index contributed by atoms with van der Waals surface area (Å²) in [6, 6.07) is 9.27. The van der Waals surface area contributed by atoms with E-state index in [1.807, 2.05) is 44.2 Å². The minimum Gasteiger partial charge on any atom is -0.478 e. The van der Waals surface area contributed by atoms with Gasteiger partial charge in [0, 0.05) is 5.56 Å². The molecule has 1 aromatic carbocycles. The number of benzene rings is 1. The van der Waals surface area contributed by atoms with E-state index in [4.69, 9.17) is 11.6 Å². The maximum absolute atomic E-state index is 11.4. The van der Waals surface area contributed by atoms with Crippen LogP contribution >= 0.6 is 11.6 Å². The van der Waals surface area contributed by atoms with Crippen molar-refractivity contribution in [1.29, 1.82) is 0 Å². The van der Waals surface area contributed by atoms with Gasteiger partial charge in [-0.1, -0.05) is 48.9 Å². The topological polar surface area (TPSA) is 55.1 Å². The zero-order valence-electron chi connectivity index (χ0n) is 10.8. The smallest absolute Gasteiger partial charge is 0.341 e. The van der Waals surface area contributed by atoms with Crippen LogP contribution in [-0.2, 0) is 0 Å². The van der Waals surface area contributed by atoms with Crippen molar-refractivity contribution in [3.05, 3.63) is 41.0 Å². The van der Waals surface area contributed by atoms with Gasteiger partial charge in [-0.25, -0.2) is 9.48 Å². The third-order valence-corrected chi connectivity index (χ3v) is 3.48. The number of carboxylic acid groups (broad SMARTS) is 1. The van der Waals surface area contributed by atoms with Gasteiger partial charge in [-0.2, -0.15) is 5.10 Å². The highest BCUT2D eigenvalue weighted by Crippen LogP contribution is 2.31. The SMILES string of the molecule is CCC(C)n1nc(-c2ccccc2)c(C(=O)O)c1Cl. The maximum atomic E-state index is 11.4. The number of carbonyl (C=O) groups is 1. The quantitative estimate of drug-likeness (QED) is 0.923. The molecule has 0 saturated carbocycles. The number of carboxylic acids is 1. The molecule has 0 aliphatic carbocycles. The maximum Gasteiger partial charge on any atom is 0.341 e. The van der Waals surface area contributed by atoms with Crippen LogP contribution in [0.2, 0.25) is 5.15 Å². The predicted molar refractivity (Wildman–Crippen MR) is 74.6 cm³/mol. The van der Waals surface area contributed by atoms with Crippen LogP contribution in [-0.4, -0.2) is 20.9 Å². The molecule has 0 amide bonds. The number of hydrogen-bond donors (Lipinski definition) is 1. The molecule has 0 spiro atoms. The second-order valence-electron chi connectivity index (χ2n) is 4.39. The lowest BCUT2D eigenvalue weighted by Gasteiger charge is -2.09. The number of rotatable bonds is 4. The van der Waals surface area contributed by atoms with Crippen LogP contribution in [0.5, 0.6) is 0 Å². The van der Waals surface area contributed by atoms with Crippen molar-refractivity contribution in [3.63, 3.8) is 0 Å². The van der Waals surface area contributed by atoms with Gasteiger partial charge in [-0.3, -0.25) is 0 Å². The summed E-state index contributed by atoms with van der Waals surface area (Å²) in [4.78, 5) is 11.4. The van der Waals surface area contributed by atoms with E-state index < -0.39 is 5.97 Å². The Morgan fingerprint density at radius 3 is 2.58 bits per heavy atom. The van der Waals surface area contributed by atoms with Gasteiger partial charge in [-0.05, 0) is 13.3 Å². The first kappa shape index (κ1) is 13.6. The lowest BCUT2D eigenvalue weighted by Crippen LogP contribution is -2.06. The Morgan fingerprint density at radius 2 is 2.05 bits per heavy atom. The standard InChI is InChI=1S/C14H15ClN2O2/c1-3-9(2)17-13(15)11(14(18)19)12(16-17)10-7-5-4-6-8-10/h4-9H,3H2,1-2H3,(H,18,19). The molecule has 1 atom stereocenters. The number of aromatic carboxylic acids is 1. The van der Waals surface area contributed by atoms with E-state index in [1.54, 1.807) is 4.68 Å². The van der Waals surface area contributed by atoms with Gasteiger partial charge in [0.15, 0.2) is 0 Å². The van der Waals surface area contributed by atoms with Crippen LogP contribution < -0.4 is 0 Å². The van der Waals surface area contributed by atoms with E-state index in [-0.39, 0.29) is 16.8 Å². The first-order valence-corrected chi connectivity index (χ1v) is 6.50. The van der Waals surface area contributed by atoms with Crippen molar-refractivity contribution < 1.29 is 9.90 Å². The molecule has 0 bridgehead atoms. The molecule has 5 heteroatoms. The van der Waals surface area contributed by atoms with Crippen LogP contribution in [0.3, 0.4) is 0 Å². The highest BCUT2D eigenvalue weighted by atomic mass is 35.5. The normalized spacial score (nSPS) is 12.4. The molecular weight excluding hydrogens is 264 g/mol. The molecule has 0 aliphatic heterocycles. The summed E-state index contributed by atoms with van der Waals surface area (Å²) in [5, 5.41) is 13.9. The van der Waals surface area contributed by atoms with Crippen molar-refractivity contribution >= 4 is 17.6 Å². The molecule has 2 aromatic rings. The monoisotopic (exact) mass is 278 g/mol. The van der Waals surface area contributed by atoms with E-state index in [0.29, 0.717) is 5.69 Å². The fourth-order valence-corrected chi connectivity index (χ4v) is 2.24. The van der Waals surface area contributed by atoms with E-state index in [0.717, 1.165) is 12.0 Å². The van der Waals surface area contributed by atoms with Crippen molar-refractivity contribution in [2.75, 3.05) is 0 Å². The largest absolute Gasteiger partial charge is 0.478 e. The molecule has 0 fully saturated rings. The first-order valence-electron chi connectivity index (χ1n) is 6.13. The van der Waals surface area contributed by atoms with Crippen LogP contribution in [0.4, 0.5) is 0 Å². The molecule has 1 heterocycles. The minimum atomic E-state index is -1.06. The summed E-state index contributed by atoms with van der Waals surface area (Å²) in [6.45, 7) is 3.96. The van der Waals surface area contributed by atoms with Gasteiger partial charge in [0.2, 0.25) is 0 Å². The van der Waals surface area contributed by atoms with Gasteiger partial charge < -0.3 is 5.11 Å². The second-order valence-corrected chi connectivity index (χ2v) is 4.75. The molecule has 1 N–H and O–H groups in total. The average molecular weight is 279 g/mol. The highest BCUT2D eigenvalue weighted by molar-refractivity contribution is 6.33. The third-order valence-electron chi connectivity index (χ3n) is 3.12. The Morgan fingerprint density at radius 1 is 1.42 bits per heavy atom. The van der Waals surface area contributed by atoms with Gasteiger partial charge in [0.25, 0.3) is 0 Å². The summed E-state index contributed by atoms with van der Waals surface area (Å²) < 4.78 is 1.58. The molecule has 100 valence electrons. The molecule has 2 rings (SSSR count). The molecule has 0 aliphatic rings. The van der Waals surface area contributed by atoms with Crippen LogP contribution in [0.15, 0.2) is 30.3 Å². The van der Waals surface area contributed by atoms with E-state index in [9.17, 15) is 9.90 Å². The second kappa shape index (κ2) is 5.45. The Kier molecular flexibility index (Phi) is 3.90. The lowest BCUT2D eigenvalue weighted by molar-refractivity contribution is 0.0698. The molecule has 4 nitrogen and oxygen atoms in total. The fourth-order valence-electron chi connectivity index (χ4n) is 1.87. The Balaban J connectivity index is 2.64. The summed E-state index contributed by atoms with van der Waals surface area (Å²) in [7, 11) is 0. The molecule has 0 saturated heterocycles. The van der Waals surface area contributed by atoms with Crippen LogP contribution in [0, 0.1) is 0 Å². The Bertz CT molecular complexity index is 593. The lowest BCUT2D eigenvalue weighted by atomic mass is 10.1. The first-order chi connectivity index (χ1) is 9.06. The van der Waals surface area contributed by atoms with Gasteiger partial charge in [0.1, 0.15) is 16.4 Å². The molecular formula is C14H15ClN2O2. The van der Waals surface area contributed by atoms with E-state index in [1.165, 1.54) is 0 Å². The third kappa shape index (κ3) is 2.49. The number of nitrogens with zero attached hydrogens (tertiary/aromatic N) is 2. The van der Waals surface area contributed by atoms with Crippen molar-refractivity contribution in [2.24, 2.45) is 0 Å². The minimum absolute atomic E-state index is 0.0584. The van der Waals surface area contributed by atoms with Crippen LogP contribution in [0.1, 0.15) is 36.7 Å². The number of aromatic nitrogens is 2. The van der Waals surface area contributed by atoms with Crippen molar-refractivity contribution in [2.45, 2.75) is 26.3 Å². The van der Waals surface area contributed by atoms with Crippen LogP contribution in [0.25, 0.3) is 11.3 Å². The summed E-state index contributed by atoms with van der Waals surface area (Å²) >= 11 is 6.17. The van der Waals surface area contributed by atoms with Gasteiger partial charge >= 0.3 is 5.97 Å². The predicted octanol–water partition coefficient (Wildman–Crippen LogP) is 3.87. The molecule has 1 unspecified atom stereocenters. The Hall–Kier alpha value is -1.81. The summed E-state index contributed by atoms with van der Waals surface area (Å²) in [6.07, 6.45) is 0.828. The summed E-state index contributed by atoms with van der Waals surface area (Å²) in [5.41, 5.74) is 1.23. The molecule has 0 radical (unpaired) electrons. The van der Waals surface area contributed by atoms with E-state index in [2.05, 4.69) is 5.10 Å². The van der Waals surface area contributed by atoms with Gasteiger partial charge in [-0.15, -0.1) is 0 Å².